The molecule has 4 atom stereocenters. The Labute approximate surface area is 157 Å². The van der Waals surface area contributed by atoms with Crippen molar-refractivity contribution in [3.8, 4) is 0 Å². The first-order valence-corrected chi connectivity index (χ1v) is 12.9. The van der Waals surface area contributed by atoms with E-state index in [4.69, 9.17) is 0 Å². The van der Waals surface area contributed by atoms with Crippen molar-refractivity contribution in [2.24, 2.45) is 0 Å². The van der Waals surface area contributed by atoms with Gasteiger partial charge in [0.25, 0.3) is 0 Å². The lowest BCUT2D eigenvalue weighted by Crippen LogP contribution is -2.47. The molecular formula is C22H28O2P2. The van der Waals surface area contributed by atoms with E-state index in [0.717, 1.165) is 21.7 Å². The Morgan fingerprint density at radius 1 is 0.615 bits per heavy atom. The average molecular weight is 386 g/mol. The van der Waals surface area contributed by atoms with E-state index >= 15 is 0 Å². The first kappa shape index (κ1) is 18.3. The maximum atomic E-state index is 14.4. The van der Waals surface area contributed by atoms with Gasteiger partial charge in [-0.1, -0.05) is 90.1 Å². The van der Waals surface area contributed by atoms with Crippen LogP contribution >= 0.6 is 14.3 Å². The fourth-order valence-electron chi connectivity index (χ4n) is 4.93. The molecule has 4 rings (SSSR count). The summed E-state index contributed by atoms with van der Waals surface area (Å²) in [7, 11) is -5.35. The van der Waals surface area contributed by atoms with Crippen LogP contribution in [0.3, 0.4) is 0 Å². The van der Waals surface area contributed by atoms with Crippen LogP contribution in [0.5, 0.6) is 0 Å². The lowest BCUT2D eigenvalue weighted by atomic mass is 10.0. The Bertz CT molecular complexity index is 910. The van der Waals surface area contributed by atoms with Gasteiger partial charge in [0, 0.05) is 20.9 Å². The van der Waals surface area contributed by atoms with Gasteiger partial charge in [-0.15, -0.1) is 0 Å². The molecule has 0 aliphatic carbocycles. The third-order valence-electron chi connectivity index (χ3n) is 6.30. The van der Waals surface area contributed by atoms with Gasteiger partial charge in [-0.2, -0.15) is 0 Å². The molecule has 2 heterocycles. The molecule has 0 saturated carbocycles. The zero-order chi connectivity index (χ0) is 19.1. The molecule has 138 valence electrons. The maximum Gasteiger partial charge on any atom is 0.129 e. The van der Waals surface area contributed by atoms with Gasteiger partial charge in [-0.3, -0.25) is 0 Å². The molecule has 0 amide bonds. The first-order chi connectivity index (χ1) is 12.0. The van der Waals surface area contributed by atoms with Gasteiger partial charge >= 0.3 is 0 Å². The largest absolute Gasteiger partial charge is 0.317 e. The number of hydrogen-bond acceptors (Lipinski definition) is 2. The molecular weight excluding hydrogens is 358 g/mol. The van der Waals surface area contributed by atoms with Crippen LogP contribution in [-0.4, -0.2) is 10.3 Å². The highest BCUT2D eigenvalue weighted by molar-refractivity contribution is 7.79. The summed E-state index contributed by atoms with van der Waals surface area (Å²) in [5, 5.41) is 1.34. The molecule has 0 spiro atoms. The first-order valence-electron chi connectivity index (χ1n) is 9.34. The fraction of sp³-hybridized carbons (Fsp3) is 0.455. The second-order valence-electron chi connectivity index (χ2n) is 9.66. The van der Waals surface area contributed by atoms with Gasteiger partial charge in [0.2, 0.25) is 0 Å². The SMILES string of the molecule is CC(C)(C)P1(=O)c2ccccc2[C@H]1[C@@H]1c2ccccc2P1(=O)C(C)(C)C. The summed E-state index contributed by atoms with van der Waals surface area (Å²) in [5.74, 6) is 0. The van der Waals surface area contributed by atoms with Gasteiger partial charge in [0.05, 0.1) is 11.3 Å². The lowest BCUT2D eigenvalue weighted by Gasteiger charge is -2.57. The maximum absolute atomic E-state index is 14.4. The minimum atomic E-state index is -2.68. The molecule has 2 unspecified atom stereocenters. The molecule has 2 nitrogen and oxygen atoms in total. The van der Waals surface area contributed by atoms with Crippen LogP contribution in [0.2, 0.25) is 0 Å². The van der Waals surface area contributed by atoms with E-state index in [2.05, 4.69) is 53.7 Å². The predicted octanol–water partition coefficient (Wildman–Crippen LogP) is 6.07. The molecule has 2 aromatic carbocycles. The molecule has 0 saturated heterocycles. The topological polar surface area (TPSA) is 34.1 Å². The third kappa shape index (κ3) is 1.96. The van der Waals surface area contributed by atoms with Crippen molar-refractivity contribution < 1.29 is 9.13 Å². The van der Waals surface area contributed by atoms with Crippen molar-refractivity contribution in [2.75, 3.05) is 0 Å². The van der Waals surface area contributed by atoms with E-state index in [1.807, 2.05) is 36.4 Å². The minimum absolute atomic E-state index is 0.126. The van der Waals surface area contributed by atoms with Gasteiger partial charge in [-0.05, 0) is 11.1 Å². The van der Waals surface area contributed by atoms with Crippen molar-refractivity contribution >= 4 is 24.9 Å². The van der Waals surface area contributed by atoms with Crippen LogP contribution in [0.1, 0.15) is 64.0 Å². The molecule has 0 aromatic heterocycles. The Morgan fingerprint density at radius 3 is 1.23 bits per heavy atom. The smallest absolute Gasteiger partial charge is 0.129 e. The van der Waals surface area contributed by atoms with Crippen LogP contribution in [0.15, 0.2) is 48.5 Å². The zero-order valence-electron chi connectivity index (χ0n) is 16.5. The molecule has 0 fully saturated rings. The summed E-state index contributed by atoms with van der Waals surface area (Å²) < 4.78 is 28.8. The summed E-state index contributed by atoms with van der Waals surface area (Å²) in [4.78, 5) is 0. The quantitative estimate of drug-likeness (QED) is 0.558. The Morgan fingerprint density at radius 2 is 0.923 bits per heavy atom. The fourth-order valence-corrected chi connectivity index (χ4v) is 13.5. The molecule has 4 heteroatoms. The second kappa shape index (κ2) is 5.24. The van der Waals surface area contributed by atoms with Gasteiger partial charge in [0.15, 0.2) is 0 Å². The highest BCUT2D eigenvalue weighted by Crippen LogP contribution is 2.87. The summed E-state index contributed by atoms with van der Waals surface area (Å²) in [5.41, 5.74) is 2.04. The van der Waals surface area contributed by atoms with E-state index in [0.29, 0.717) is 0 Å². The summed E-state index contributed by atoms with van der Waals surface area (Å²) >= 11 is 0. The lowest BCUT2D eigenvalue weighted by molar-refractivity contribution is 0.513. The Balaban J connectivity index is 1.98. The number of fused-ring (bicyclic) bond motifs is 2. The van der Waals surface area contributed by atoms with E-state index in [1.54, 1.807) is 0 Å². The second-order valence-corrected chi connectivity index (χ2v) is 17.1. The molecule has 0 N–H and O–H groups in total. The van der Waals surface area contributed by atoms with Crippen molar-refractivity contribution in [2.45, 2.75) is 63.2 Å². The average Bonchev–Trinajstić information content (AvgIpc) is 2.56. The van der Waals surface area contributed by atoms with E-state index < -0.39 is 14.3 Å². The standard InChI is InChI=1S/C22H28O2P2/c1-21(2,3)25(23)17-13-9-7-11-15(17)19(25)20-16-12-8-10-14-18(16)26(20,24)22(4,5)6/h7-14,19-20H,1-6H3/t19-,20-,25?,26?/m0/s1. The zero-order valence-corrected chi connectivity index (χ0v) is 18.3. The molecule has 2 aromatic rings. The molecule has 2 aliphatic rings. The van der Waals surface area contributed by atoms with Gasteiger partial charge < -0.3 is 9.13 Å². The van der Waals surface area contributed by atoms with Crippen LogP contribution in [0.4, 0.5) is 0 Å². The van der Waals surface area contributed by atoms with Crippen molar-refractivity contribution in [1.82, 2.24) is 0 Å². The highest BCUT2D eigenvalue weighted by Gasteiger charge is 2.66. The van der Waals surface area contributed by atoms with Crippen molar-refractivity contribution in [3.63, 3.8) is 0 Å². The summed E-state index contributed by atoms with van der Waals surface area (Å²) in [6, 6.07) is 16.2. The van der Waals surface area contributed by atoms with E-state index in [-0.39, 0.29) is 21.6 Å². The van der Waals surface area contributed by atoms with Crippen LogP contribution in [-0.2, 0) is 9.13 Å². The molecule has 0 bridgehead atoms. The Hall–Kier alpha value is -1.10. The highest BCUT2D eigenvalue weighted by atomic mass is 31.2. The molecule has 0 radical (unpaired) electrons. The summed E-state index contributed by atoms with van der Waals surface area (Å²) in [6.07, 6.45) is 0. The van der Waals surface area contributed by atoms with Crippen molar-refractivity contribution in [1.29, 1.82) is 0 Å². The normalized spacial score (nSPS) is 32.8. The number of hydrogen-bond donors (Lipinski definition) is 0. The molecule has 2 aliphatic heterocycles. The van der Waals surface area contributed by atoms with Gasteiger partial charge in [0.1, 0.15) is 14.3 Å². The predicted molar refractivity (Wildman–Crippen MR) is 112 cm³/mol. The number of rotatable bonds is 1. The van der Waals surface area contributed by atoms with E-state index in [1.165, 1.54) is 0 Å². The third-order valence-corrected chi connectivity index (χ3v) is 15.5. The van der Waals surface area contributed by atoms with Crippen molar-refractivity contribution in [3.05, 3.63) is 59.7 Å². The van der Waals surface area contributed by atoms with Crippen LogP contribution < -0.4 is 10.6 Å². The monoisotopic (exact) mass is 386 g/mol. The van der Waals surface area contributed by atoms with Crippen LogP contribution in [0.25, 0.3) is 0 Å². The number of benzene rings is 2. The summed E-state index contributed by atoms with van der Waals surface area (Å²) in [6.45, 7) is 12.4. The Kier molecular flexibility index (Phi) is 3.68. The molecule has 26 heavy (non-hydrogen) atoms. The minimum Gasteiger partial charge on any atom is -0.317 e. The van der Waals surface area contributed by atoms with Gasteiger partial charge in [-0.25, -0.2) is 0 Å². The van der Waals surface area contributed by atoms with Crippen LogP contribution in [0, 0.1) is 0 Å². The van der Waals surface area contributed by atoms with E-state index in [9.17, 15) is 9.13 Å².